The van der Waals surface area contributed by atoms with Gasteiger partial charge in [0.25, 0.3) is 5.91 Å². The number of hydrogen-bond donors (Lipinski definition) is 1. The van der Waals surface area contributed by atoms with Crippen molar-refractivity contribution in [2.75, 3.05) is 7.11 Å². The maximum Gasteiger partial charge on any atom is 0.288 e. The van der Waals surface area contributed by atoms with E-state index in [0.29, 0.717) is 17.3 Å². The summed E-state index contributed by atoms with van der Waals surface area (Å²) < 4.78 is 12.6. The van der Waals surface area contributed by atoms with E-state index in [0.717, 1.165) is 11.1 Å². The molecule has 0 aliphatic heterocycles. The van der Waals surface area contributed by atoms with Crippen LogP contribution in [0.2, 0.25) is 0 Å². The molecule has 0 aliphatic rings. The Labute approximate surface area is 140 Å². The summed E-state index contributed by atoms with van der Waals surface area (Å²) in [5.74, 6) is 1.39. The van der Waals surface area contributed by atoms with Crippen molar-refractivity contribution in [1.82, 2.24) is 14.9 Å². The zero-order valence-corrected chi connectivity index (χ0v) is 13.8. The molecule has 0 saturated heterocycles. The molecule has 6 heteroatoms. The number of benzene rings is 1. The second-order valence-corrected chi connectivity index (χ2v) is 5.48. The van der Waals surface area contributed by atoms with Gasteiger partial charge in [-0.05, 0) is 19.1 Å². The Balaban J connectivity index is 2.02. The Hall–Kier alpha value is -3.02. The summed E-state index contributed by atoms with van der Waals surface area (Å²) in [6.07, 6.45) is 5.03. The van der Waals surface area contributed by atoms with Gasteiger partial charge in [0, 0.05) is 30.6 Å². The lowest BCUT2D eigenvalue weighted by molar-refractivity contribution is 0.0912. The number of nitrogens with one attached hydrogen (secondary N) is 1. The van der Waals surface area contributed by atoms with Crippen LogP contribution in [0.5, 0.6) is 5.75 Å². The lowest BCUT2D eigenvalue weighted by atomic mass is 10.0. The Morgan fingerprint density at radius 1 is 1.33 bits per heavy atom. The zero-order chi connectivity index (χ0) is 17.1. The highest BCUT2D eigenvalue weighted by Gasteiger charge is 2.25. The van der Waals surface area contributed by atoms with Gasteiger partial charge in [0.15, 0.2) is 5.76 Å². The van der Waals surface area contributed by atoms with Gasteiger partial charge < -0.3 is 19.0 Å². The molecule has 3 rings (SSSR count). The summed E-state index contributed by atoms with van der Waals surface area (Å²) in [6, 6.07) is 8.85. The van der Waals surface area contributed by atoms with Crippen molar-refractivity contribution >= 4 is 5.91 Å². The molecule has 0 spiro atoms. The predicted molar refractivity (Wildman–Crippen MR) is 89.0 cm³/mol. The Morgan fingerprint density at radius 3 is 2.75 bits per heavy atom. The van der Waals surface area contributed by atoms with E-state index in [2.05, 4.69) is 10.3 Å². The molecule has 0 saturated carbocycles. The number of nitrogens with zero attached hydrogens (tertiary/aromatic N) is 2. The molecule has 1 aromatic carbocycles. The monoisotopic (exact) mass is 325 g/mol. The quantitative estimate of drug-likeness (QED) is 0.783. The third-order valence-electron chi connectivity index (χ3n) is 3.91. The van der Waals surface area contributed by atoms with Crippen LogP contribution in [0.3, 0.4) is 0 Å². The zero-order valence-electron chi connectivity index (χ0n) is 13.8. The first-order valence-electron chi connectivity index (χ1n) is 7.57. The first-order valence-corrected chi connectivity index (χ1v) is 7.57. The van der Waals surface area contributed by atoms with Crippen LogP contribution in [0, 0.1) is 6.92 Å². The predicted octanol–water partition coefficient (Wildman–Crippen LogP) is 2.85. The molecule has 0 aliphatic carbocycles. The Morgan fingerprint density at radius 2 is 2.12 bits per heavy atom. The van der Waals surface area contributed by atoms with Gasteiger partial charge in [-0.25, -0.2) is 4.98 Å². The molecule has 1 amide bonds. The number of rotatable bonds is 5. The standard InChI is InChI=1S/C18H19N3O3/c1-12-8-11-24-16(12)18(22)20-15(17-19-9-10-21(17)2)13-6-4-5-7-14(13)23-3/h4-11,15H,1-3H3,(H,20,22)/t15-/m1/s1. The molecule has 6 nitrogen and oxygen atoms in total. The van der Waals surface area contributed by atoms with Crippen LogP contribution in [-0.2, 0) is 7.05 Å². The molecule has 24 heavy (non-hydrogen) atoms. The van der Waals surface area contributed by atoms with Crippen molar-refractivity contribution in [3.05, 3.63) is 71.7 Å². The molecule has 0 radical (unpaired) electrons. The van der Waals surface area contributed by atoms with E-state index >= 15 is 0 Å². The van der Waals surface area contributed by atoms with Crippen LogP contribution in [0.15, 0.2) is 53.4 Å². The normalized spacial score (nSPS) is 12.0. The van der Waals surface area contributed by atoms with Crippen molar-refractivity contribution in [2.24, 2.45) is 7.05 Å². The second-order valence-electron chi connectivity index (χ2n) is 5.48. The largest absolute Gasteiger partial charge is 0.496 e. The molecular weight excluding hydrogens is 306 g/mol. The number of carbonyl (C=O) groups excluding carboxylic acids is 1. The highest BCUT2D eigenvalue weighted by atomic mass is 16.5. The van der Waals surface area contributed by atoms with Crippen molar-refractivity contribution in [2.45, 2.75) is 13.0 Å². The minimum absolute atomic E-state index is 0.295. The molecule has 0 bridgehead atoms. The molecular formula is C18H19N3O3. The minimum atomic E-state index is -0.460. The lowest BCUT2D eigenvalue weighted by Crippen LogP contribution is -2.31. The van der Waals surface area contributed by atoms with Crippen LogP contribution in [0.1, 0.15) is 33.5 Å². The summed E-state index contributed by atoms with van der Waals surface area (Å²) in [7, 11) is 3.49. The van der Waals surface area contributed by atoms with Crippen LogP contribution in [-0.4, -0.2) is 22.6 Å². The maximum absolute atomic E-state index is 12.6. The lowest BCUT2D eigenvalue weighted by Gasteiger charge is -2.20. The van der Waals surface area contributed by atoms with E-state index in [-0.39, 0.29) is 5.91 Å². The molecule has 0 fully saturated rings. The van der Waals surface area contributed by atoms with E-state index in [1.165, 1.54) is 6.26 Å². The smallest absolute Gasteiger partial charge is 0.288 e. The fraction of sp³-hybridized carbons (Fsp3) is 0.222. The first kappa shape index (κ1) is 15.9. The van der Waals surface area contributed by atoms with Crippen LogP contribution < -0.4 is 10.1 Å². The third kappa shape index (κ3) is 2.90. The fourth-order valence-electron chi connectivity index (χ4n) is 2.64. The number of aromatic nitrogens is 2. The van der Waals surface area contributed by atoms with Crippen LogP contribution >= 0.6 is 0 Å². The number of imidazole rings is 1. The van der Waals surface area contributed by atoms with Gasteiger partial charge in [-0.1, -0.05) is 18.2 Å². The van der Waals surface area contributed by atoms with Crippen molar-refractivity contribution in [3.8, 4) is 5.75 Å². The average molecular weight is 325 g/mol. The molecule has 2 aromatic heterocycles. The van der Waals surface area contributed by atoms with Crippen LogP contribution in [0.25, 0.3) is 0 Å². The number of amides is 1. The number of para-hydroxylation sites is 1. The Kier molecular flexibility index (Phi) is 4.37. The summed E-state index contributed by atoms with van der Waals surface area (Å²) in [5, 5.41) is 3.00. The van der Waals surface area contributed by atoms with Crippen molar-refractivity contribution < 1.29 is 13.9 Å². The van der Waals surface area contributed by atoms with Crippen molar-refractivity contribution in [3.63, 3.8) is 0 Å². The van der Waals surface area contributed by atoms with E-state index < -0.39 is 6.04 Å². The molecule has 0 unspecified atom stereocenters. The van der Waals surface area contributed by atoms with E-state index in [1.807, 2.05) is 49.0 Å². The van der Waals surface area contributed by atoms with E-state index in [4.69, 9.17) is 9.15 Å². The van der Waals surface area contributed by atoms with Gasteiger partial charge in [-0.3, -0.25) is 4.79 Å². The summed E-state index contributed by atoms with van der Waals surface area (Å²) >= 11 is 0. The minimum Gasteiger partial charge on any atom is -0.496 e. The number of hydrogen-bond acceptors (Lipinski definition) is 4. The molecule has 1 N–H and O–H groups in total. The SMILES string of the molecule is COc1ccccc1[C@@H](NC(=O)c1occc1C)c1nccn1C. The topological polar surface area (TPSA) is 69.3 Å². The van der Waals surface area contributed by atoms with Gasteiger partial charge in [0.2, 0.25) is 0 Å². The Bertz CT molecular complexity index is 851. The number of ether oxygens (including phenoxy) is 1. The highest BCUT2D eigenvalue weighted by molar-refractivity contribution is 5.93. The van der Waals surface area contributed by atoms with Gasteiger partial charge in [-0.15, -0.1) is 0 Å². The molecule has 1 atom stereocenters. The van der Waals surface area contributed by atoms with Crippen LogP contribution in [0.4, 0.5) is 0 Å². The maximum atomic E-state index is 12.6. The number of aryl methyl sites for hydroxylation is 2. The molecule has 2 heterocycles. The van der Waals surface area contributed by atoms with E-state index in [1.54, 1.807) is 19.4 Å². The van der Waals surface area contributed by atoms with Gasteiger partial charge >= 0.3 is 0 Å². The van der Waals surface area contributed by atoms with Gasteiger partial charge in [0.05, 0.1) is 13.4 Å². The molecule has 124 valence electrons. The van der Waals surface area contributed by atoms with Gasteiger partial charge in [-0.2, -0.15) is 0 Å². The second kappa shape index (κ2) is 6.62. The summed E-state index contributed by atoms with van der Waals surface area (Å²) in [4.78, 5) is 17.0. The number of methoxy groups -OCH3 is 1. The van der Waals surface area contributed by atoms with E-state index in [9.17, 15) is 4.79 Å². The van der Waals surface area contributed by atoms with Gasteiger partial charge in [0.1, 0.15) is 17.6 Å². The third-order valence-corrected chi connectivity index (χ3v) is 3.91. The average Bonchev–Trinajstić information content (AvgIpc) is 3.21. The summed E-state index contributed by atoms with van der Waals surface area (Å²) in [6.45, 7) is 1.83. The number of carbonyl (C=O) groups is 1. The highest BCUT2D eigenvalue weighted by Crippen LogP contribution is 2.29. The fourth-order valence-corrected chi connectivity index (χ4v) is 2.64. The van der Waals surface area contributed by atoms with Crippen molar-refractivity contribution in [1.29, 1.82) is 0 Å². The number of furan rings is 1. The summed E-state index contributed by atoms with van der Waals surface area (Å²) in [5.41, 5.74) is 1.61. The molecule has 3 aromatic rings. The first-order chi connectivity index (χ1) is 11.6.